The molecule has 4 aromatic rings. The van der Waals surface area contributed by atoms with Gasteiger partial charge in [0.15, 0.2) is 0 Å². The molecule has 0 fully saturated rings. The highest BCUT2D eigenvalue weighted by atomic mass is 79.9. The van der Waals surface area contributed by atoms with E-state index in [-0.39, 0.29) is 5.56 Å². The van der Waals surface area contributed by atoms with Crippen LogP contribution < -0.4 is 10.5 Å². The molecule has 0 saturated heterocycles. The van der Waals surface area contributed by atoms with Gasteiger partial charge in [0, 0.05) is 18.6 Å². The predicted molar refractivity (Wildman–Crippen MR) is 112 cm³/mol. The van der Waals surface area contributed by atoms with E-state index in [1.54, 1.807) is 10.7 Å². The fourth-order valence-electron chi connectivity index (χ4n) is 3.02. The van der Waals surface area contributed by atoms with Crippen molar-refractivity contribution in [1.82, 2.24) is 19.2 Å². The summed E-state index contributed by atoms with van der Waals surface area (Å²) in [7, 11) is 3.85. The van der Waals surface area contributed by atoms with E-state index in [0.29, 0.717) is 17.7 Å². The molecule has 6 nitrogen and oxygen atoms in total. The molecule has 2 heterocycles. The Morgan fingerprint density at radius 1 is 1.15 bits per heavy atom. The second-order valence-electron chi connectivity index (χ2n) is 6.40. The molecule has 0 unspecified atom stereocenters. The van der Waals surface area contributed by atoms with Crippen LogP contribution in [0.15, 0.2) is 63.9 Å². The summed E-state index contributed by atoms with van der Waals surface area (Å²) in [5.74, 6) is 1.24. The number of allylic oxidation sites excluding steroid dienone is 1. The second kappa shape index (κ2) is 7.00. The first-order valence-corrected chi connectivity index (χ1v) is 9.31. The average Bonchev–Trinajstić information content (AvgIpc) is 3.02. The molecule has 4 rings (SSSR count). The van der Waals surface area contributed by atoms with Gasteiger partial charge in [0.1, 0.15) is 0 Å². The van der Waals surface area contributed by atoms with Crippen LogP contribution in [0.3, 0.4) is 0 Å². The van der Waals surface area contributed by atoms with Crippen molar-refractivity contribution < 1.29 is 0 Å². The van der Waals surface area contributed by atoms with Crippen LogP contribution in [0.5, 0.6) is 0 Å². The van der Waals surface area contributed by atoms with E-state index >= 15 is 0 Å². The van der Waals surface area contributed by atoms with E-state index in [1.165, 1.54) is 0 Å². The molecule has 136 valence electrons. The van der Waals surface area contributed by atoms with Gasteiger partial charge in [-0.3, -0.25) is 4.79 Å². The Morgan fingerprint density at radius 3 is 2.67 bits per heavy atom. The molecule has 0 aliphatic rings. The third-order valence-corrected chi connectivity index (χ3v) is 4.75. The molecule has 0 aliphatic heterocycles. The number of aromatic nitrogens is 4. The van der Waals surface area contributed by atoms with Crippen LogP contribution >= 0.6 is 15.9 Å². The Kier molecular flexibility index (Phi) is 4.53. The van der Waals surface area contributed by atoms with Crippen molar-refractivity contribution in [3.8, 4) is 0 Å². The van der Waals surface area contributed by atoms with Gasteiger partial charge in [-0.15, -0.1) is 5.10 Å². The summed E-state index contributed by atoms with van der Waals surface area (Å²) in [6.45, 7) is 0.515. The Hall–Kier alpha value is -2.93. The molecule has 0 spiro atoms. The first kappa shape index (κ1) is 17.5. The third-order valence-electron chi connectivity index (χ3n) is 4.26. The lowest BCUT2D eigenvalue weighted by Crippen LogP contribution is -2.15. The number of rotatable bonds is 4. The Balaban J connectivity index is 1.87. The molecule has 0 saturated carbocycles. The molecule has 0 N–H and O–H groups in total. The van der Waals surface area contributed by atoms with Crippen LogP contribution in [0.4, 0.5) is 5.95 Å². The topological polar surface area (TPSA) is 55.4 Å². The van der Waals surface area contributed by atoms with Crippen LogP contribution in [0, 0.1) is 0 Å². The van der Waals surface area contributed by atoms with Crippen LogP contribution in [0.2, 0.25) is 0 Å². The van der Waals surface area contributed by atoms with E-state index in [1.807, 2.05) is 78.0 Å². The Morgan fingerprint density at radius 2 is 1.93 bits per heavy atom. The number of benzene rings is 2. The van der Waals surface area contributed by atoms with Gasteiger partial charge >= 0.3 is 0 Å². The van der Waals surface area contributed by atoms with Crippen molar-refractivity contribution >= 4 is 44.6 Å². The Labute approximate surface area is 164 Å². The van der Waals surface area contributed by atoms with Gasteiger partial charge in [-0.05, 0) is 23.8 Å². The first-order valence-electron chi connectivity index (χ1n) is 8.52. The number of halogens is 1. The molecule has 2 aromatic heterocycles. The SMILES string of the molecule is CN(C)c1nn(C/C=C/c2ccccc2)c2nc(=O)c3cc(Br)ccc3n12. The molecular formula is C20H18BrN5O. The van der Waals surface area contributed by atoms with Crippen molar-refractivity contribution in [2.75, 3.05) is 19.0 Å². The maximum atomic E-state index is 12.6. The Bertz CT molecular complexity index is 1210. The number of nitrogens with zero attached hydrogens (tertiary/aromatic N) is 5. The molecule has 0 radical (unpaired) electrons. The van der Waals surface area contributed by atoms with Crippen molar-refractivity contribution in [3.63, 3.8) is 0 Å². The summed E-state index contributed by atoms with van der Waals surface area (Å²) in [5, 5.41) is 5.23. The summed E-state index contributed by atoms with van der Waals surface area (Å²) in [4.78, 5) is 18.8. The lowest BCUT2D eigenvalue weighted by molar-refractivity contribution is 0.716. The van der Waals surface area contributed by atoms with E-state index in [4.69, 9.17) is 0 Å². The number of fused-ring (bicyclic) bond motifs is 3. The monoisotopic (exact) mass is 423 g/mol. The van der Waals surface area contributed by atoms with Crippen LogP contribution in [0.25, 0.3) is 22.8 Å². The summed E-state index contributed by atoms with van der Waals surface area (Å²) >= 11 is 3.42. The fraction of sp³-hybridized carbons (Fsp3) is 0.150. The lowest BCUT2D eigenvalue weighted by Gasteiger charge is -2.10. The predicted octanol–water partition coefficient (Wildman–Crippen LogP) is 3.59. The zero-order valence-electron chi connectivity index (χ0n) is 15.0. The van der Waals surface area contributed by atoms with E-state index in [2.05, 4.69) is 26.0 Å². The minimum atomic E-state index is -0.259. The molecular weight excluding hydrogens is 406 g/mol. The minimum absolute atomic E-state index is 0.259. The van der Waals surface area contributed by atoms with Gasteiger partial charge in [-0.1, -0.05) is 58.4 Å². The van der Waals surface area contributed by atoms with Crippen LogP contribution in [0.1, 0.15) is 5.56 Å². The molecule has 27 heavy (non-hydrogen) atoms. The highest BCUT2D eigenvalue weighted by molar-refractivity contribution is 9.10. The van der Waals surface area contributed by atoms with Crippen LogP contribution in [-0.4, -0.2) is 33.3 Å². The van der Waals surface area contributed by atoms with Crippen LogP contribution in [-0.2, 0) is 6.54 Å². The standard InChI is InChI=1S/C20H18BrN5O/c1-24(2)20-23-25(12-6-9-14-7-4-3-5-8-14)19-22-18(27)16-13-15(21)10-11-17(16)26(19)20/h3-11,13H,12H2,1-2H3/b9-6+. The maximum absolute atomic E-state index is 12.6. The highest BCUT2D eigenvalue weighted by Gasteiger charge is 2.16. The summed E-state index contributed by atoms with van der Waals surface area (Å²) in [6.07, 6.45) is 4.05. The highest BCUT2D eigenvalue weighted by Crippen LogP contribution is 2.22. The van der Waals surface area contributed by atoms with E-state index in [9.17, 15) is 4.79 Å². The smallest absolute Gasteiger partial charge is 0.282 e. The lowest BCUT2D eigenvalue weighted by atomic mass is 10.2. The molecule has 2 aromatic carbocycles. The van der Waals surface area contributed by atoms with E-state index < -0.39 is 0 Å². The van der Waals surface area contributed by atoms with Crippen molar-refractivity contribution in [2.45, 2.75) is 6.54 Å². The normalized spacial score (nSPS) is 11.7. The molecule has 7 heteroatoms. The molecule has 0 aliphatic carbocycles. The summed E-state index contributed by atoms with van der Waals surface area (Å²) in [6, 6.07) is 15.7. The summed E-state index contributed by atoms with van der Waals surface area (Å²) in [5.41, 5.74) is 1.64. The first-order chi connectivity index (χ1) is 13.0. The zero-order chi connectivity index (χ0) is 19.0. The molecule has 0 amide bonds. The van der Waals surface area contributed by atoms with Gasteiger partial charge in [0.2, 0.25) is 11.7 Å². The third kappa shape index (κ3) is 3.26. The van der Waals surface area contributed by atoms with Gasteiger partial charge in [0.05, 0.1) is 17.4 Å². The molecule has 0 bridgehead atoms. The van der Waals surface area contributed by atoms with Crippen molar-refractivity contribution in [1.29, 1.82) is 0 Å². The van der Waals surface area contributed by atoms with Gasteiger partial charge < -0.3 is 4.90 Å². The van der Waals surface area contributed by atoms with Gasteiger partial charge in [-0.25, -0.2) is 9.08 Å². The van der Waals surface area contributed by atoms with Gasteiger partial charge in [0.25, 0.3) is 5.56 Å². The van der Waals surface area contributed by atoms with Gasteiger partial charge in [-0.2, -0.15) is 4.98 Å². The van der Waals surface area contributed by atoms with E-state index in [0.717, 1.165) is 21.5 Å². The van der Waals surface area contributed by atoms with Crippen molar-refractivity contribution in [3.05, 3.63) is 75.0 Å². The summed E-state index contributed by atoms with van der Waals surface area (Å²) < 4.78 is 4.51. The largest absolute Gasteiger partial charge is 0.347 e. The zero-order valence-corrected chi connectivity index (χ0v) is 16.6. The number of hydrogen-bond acceptors (Lipinski definition) is 4. The van der Waals surface area contributed by atoms with Crippen molar-refractivity contribution in [2.24, 2.45) is 0 Å². The fourth-order valence-corrected chi connectivity index (χ4v) is 3.38. The second-order valence-corrected chi connectivity index (χ2v) is 7.32. The quantitative estimate of drug-likeness (QED) is 0.503. The maximum Gasteiger partial charge on any atom is 0.282 e. The number of hydrogen-bond donors (Lipinski definition) is 0. The molecule has 0 atom stereocenters. The minimum Gasteiger partial charge on any atom is -0.347 e. The number of anilines is 1. The average molecular weight is 424 g/mol.